The number of carbonyl (C=O) groups excluding carboxylic acids is 1. The van der Waals surface area contributed by atoms with E-state index in [1.54, 1.807) is 25.3 Å². The minimum Gasteiger partial charge on any atom is -0.493 e. The number of nitrogens with zero attached hydrogens (tertiary/aromatic N) is 1. The van der Waals surface area contributed by atoms with Gasteiger partial charge in [-0.15, -0.1) is 0 Å². The third kappa shape index (κ3) is 4.11. The minimum atomic E-state index is -0.175. The molecule has 1 saturated heterocycles. The third-order valence-corrected chi connectivity index (χ3v) is 5.95. The van der Waals surface area contributed by atoms with E-state index < -0.39 is 0 Å². The Morgan fingerprint density at radius 2 is 2.00 bits per heavy atom. The average molecular weight is 444 g/mol. The molecule has 0 atom stereocenters. The summed E-state index contributed by atoms with van der Waals surface area (Å²) in [5, 5.41) is 0. The molecule has 0 spiro atoms. The first-order chi connectivity index (χ1) is 14.6. The highest BCUT2D eigenvalue weighted by molar-refractivity contribution is 8.27. The fourth-order valence-corrected chi connectivity index (χ4v) is 4.38. The Kier molecular flexibility index (Phi) is 6.15. The smallest absolute Gasteiger partial charge is 0.270 e. The predicted molar refractivity (Wildman–Crippen MR) is 122 cm³/mol. The van der Waals surface area contributed by atoms with Crippen LogP contribution in [0.2, 0.25) is 0 Å². The lowest BCUT2D eigenvalue weighted by molar-refractivity contribution is -0.113. The van der Waals surface area contributed by atoms with E-state index in [4.69, 9.17) is 31.2 Å². The van der Waals surface area contributed by atoms with Crippen molar-refractivity contribution in [2.45, 2.75) is 19.8 Å². The second-order valence-electron chi connectivity index (χ2n) is 6.67. The van der Waals surface area contributed by atoms with Crippen LogP contribution in [0.3, 0.4) is 0 Å². The molecule has 156 valence electrons. The molecule has 8 heteroatoms. The highest BCUT2D eigenvalue weighted by Crippen LogP contribution is 2.41. The standard InChI is InChI=1S/C22H21NO5S2/c1-3-4-9-26-16-7-5-14(10-18(16)25-2)11-20-21(24)23(22(29)30-20)15-6-8-17-19(12-15)28-13-27-17/h5-8,10-12H,3-4,9,13H2,1-2H3/b20-11+. The summed E-state index contributed by atoms with van der Waals surface area (Å²) in [7, 11) is 1.60. The van der Waals surface area contributed by atoms with Gasteiger partial charge in [-0.25, -0.2) is 0 Å². The van der Waals surface area contributed by atoms with E-state index >= 15 is 0 Å². The minimum absolute atomic E-state index is 0.175. The van der Waals surface area contributed by atoms with Gasteiger partial charge in [0.1, 0.15) is 0 Å². The molecule has 30 heavy (non-hydrogen) atoms. The zero-order valence-corrected chi connectivity index (χ0v) is 18.3. The van der Waals surface area contributed by atoms with Gasteiger partial charge in [0.15, 0.2) is 27.3 Å². The van der Waals surface area contributed by atoms with Crippen molar-refractivity contribution in [1.29, 1.82) is 0 Å². The Hall–Kier alpha value is -2.71. The van der Waals surface area contributed by atoms with E-state index in [9.17, 15) is 4.79 Å². The van der Waals surface area contributed by atoms with Crippen LogP contribution >= 0.6 is 24.0 Å². The number of thiocarbonyl (C=S) groups is 1. The predicted octanol–water partition coefficient (Wildman–Crippen LogP) is 5.01. The number of rotatable bonds is 7. The number of hydrogen-bond acceptors (Lipinski definition) is 7. The van der Waals surface area contributed by atoms with Crippen LogP contribution in [0.5, 0.6) is 23.0 Å². The summed E-state index contributed by atoms with van der Waals surface area (Å²) < 4.78 is 22.4. The van der Waals surface area contributed by atoms with Crippen molar-refractivity contribution in [3.63, 3.8) is 0 Å². The lowest BCUT2D eigenvalue weighted by Gasteiger charge is -2.14. The molecule has 2 aliphatic heterocycles. The molecule has 1 amide bonds. The third-order valence-electron chi connectivity index (χ3n) is 4.65. The van der Waals surface area contributed by atoms with Crippen LogP contribution in [-0.4, -0.2) is 30.7 Å². The quantitative estimate of drug-likeness (QED) is 0.339. The van der Waals surface area contributed by atoms with Crippen molar-refractivity contribution in [3.8, 4) is 23.0 Å². The first-order valence-electron chi connectivity index (χ1n) is 9.59. The van der Waals surface area contributed by atoms with Crippen LogP contribution < -0.4 is 23.8 Å². The molecule has 2 aromatic carbocycles. The summed E-state index contributed by atoms with van der Waals surface area (Å²) in [5.74, 6) is 2.41. The van der Waals surface area contributed by atoms with Gasteiger partial charge in [0.25, 0.3) is 5.91 Å². The second-order valence-corrected chi connectivity index (χ2v) is 8.34. The number of amides is 1. The number of carbonyl (C=O) groups is 1. The number of unbranched alkanes of at least 4 members (excludes halogenated alkanes) is 1. The summed E-state index contributed by atoms with van der Waals surface area (Å²) >= 11 is 6.72. The van der Waals surface area contributed by atoms with Crippen molar-refractivity contribution in [2.24, 2.45) is 0 Å². The van der Waals surface area contributed by atoms with Crippen LogP contribution in [0.15, 0.2) is 41.3 Å². The van der Waals surface area contributed by atoms with Crippen molar-refractivity contribution >= 4 is 46.0 Å². The monoisotopic (exact) mass is 443 g/mol. The molecule has 0 aliphatic carbocycles. The van der Waals surface area contributed by atoms with Crippen molar-refractivity contribution in [2.75, 3.05) is 25.4 Å². The molecule has 0 aromatic heterocycles. The molecule has 0 N–H and O–H groups in total. The van der Waals surface area contributed by atoms with Gasteiger partial charge in [-0.3, -0.25) is 9.69 Å². The molecule has 6 nitrogen and oxygen atoms in total. The fourth-order valence-electron chi connectivity index (χ4n) is 3.09. The van der Waals surface area contributed by atoms with Crippen molar-refractivity contribution < 1.29 is 23.7 Å². The second kappa shape index (κ2) is 8.97. The van der Waals surface area contributed by atoms with Crippen LogP contribution in [-0.2, 0) is 4.79 Å². The summed E-state index contributed by atoms with van der Waals surface area (Å²) in [4.78, 5) is 15.1. The van der Waals surface area contributed by atoms with Crippen molar-refractivity contribution in [3.05, 3.63) is 46.9 Å². The summed E-state index contributed by atoms with van der Waals surface area (Å²) in [6.07, 6.45) is 3.85. The average Bonchev–Trinajstić information content (AvgIpc) is 3.32. The van der Waals surface area contributed by atoms with E-state index in [0.29, 0.717) is 44.5 Å². The molecule has 1 fully saturated rings. The first kappa shape index (κ1) is 20.6. The van der Waals surface area contributed by atoms with Crippen LogP contribution in [0.25, 0.3) is 6.08 Å². The molecule has 2 heterocycles. The number of methoxy groups -OCH3 is 1. The maximum atomic E-state index is 13.0. The van der Waals surface area contributed by atoms with Gasteiger partial charge >= 0.3 is 0 Å². The molecule has 0 unspecified atom stereocenters. The topological polar surface area (TPSA) is 57.2 Å². The molecule has 2 aliphatic rings. The normalized spacial score (nSPS) is 16.5. The number of anilines is 1. The van der Waals surface area contributed by atoms with Gasteiger partial charge < -0.3 is 18.9 Å². The number of thioether (sulfide) groups is 1. The lowest BCUT2D eigenvalue weighted by atomic mass is 10.1. The zero-order valence-electron chi connectivity index (χ0n) is 16.7. The summed E-state index contributed by atoms with van der Waals surface area (Å²) in [5.41, 5.74) is 1.49. The molecule has 0 saturated carbocycles. The van der Waals surface area contributed by atoms with Gasteiger partial charge in [-0.05, 0) is 42.3 Å². The molecule has 0 radical (unpaired) electrons. The first-order valence-corrected chi connectivity index (χ1v) is 10.8. The van der Waals surface area contributed by atoms with Gasteiger partial charge in [0, 0.05) is 6.07 Å². The molecular weight excluding hydrogens is 422 g/mol. The molecule has 0 bridgehead atoms. The maximum absolute atomic E-state index is 13.0. The number of hydrogen-bond donors (Lipinski definition) is 0. The van der Waals surface area contributed by atoms with Gasteiger partial charge in [0.2, 0.25) is 6.79 Å². The van der Waals surface area contributed by atoms with Gasteiger partial charge in [-0.2, -0.15) is 0 Å². The van der Waals surface area contributed by atoms with Crippen LogP contribution in [0.1, 0.15) is 25.3 Å². The summed E-state index contributed by atoms with van der Waals surface area (Å²) in [6, 6.07) is 11.0. The summed E-state index contributed by atoms with van der Waals surface area (Å²) in [6.45, 7) is 2.93. The number of fused-ring (bicyclic) bond motifs is 1. The van der Waals surface area contributed by atoms with E-state index in [1.807, 2.05) is 24.3 Å². The number of benzene rings is 2. The highest BCUT2D eigenvalue weighted by Gasteiger charge is 2.34. The van der Waals surface area contributed by atoms with Crippen molar-refractivity contribution in [1.82, 2.24) is 0 Å². The van der Waals surface area contributed by atoms with E-state index in [2.05, 4.69) is 6.92 Å². The largest absolute Gasteiger partial charge is 0.493 e. The van der Waals surface area contributed by atoms with Gasteiger partial charge in [0.05, 0.1) is 24.3 Å². The van der Waals surface area contributed by atoms with E-state index in [-0.39, 0.29) is 12.7 Å². The highest BCUT2D eigenvalue weighted by atomic mass is 32.2. The Labute approximate surface area is 184 Å². The molecular formula is C22H21NO5S2. The van der Waals surface area contributed by atoms with Crippen LogP contribution in [0.4, 0.5) is 5.69 Å². The van der Waals surface area contributed by atoms with E-state index in [1.165, 1.54) is 16.7 Å². The van der Waals surface area contributed by atoms with E-state index in [0.717, 1.165) is 18.4 Å². The number of ether oxygens (including phenoxy) is 4. The molecule has 4 rings (SSSR count). The maximum Gasteiger partial charge on any atom is 0.270 e. The zero-order chi connectivity index (χ0) is 21.1. The Morgan fingerprint density at radius 1 is 1.17 bits per heavy atom. The van der Waals surface area contributed by atoms with Gasteiger partial charge in [-0.1, -0.05) is 43.4 Å². The molecule has 2 aromatic rings. The fraction of sp³-hybridized carbons (Fsp3) is 0.273. The Bertz CT molecular complexity index is 1020. The lowest BCUT2D eigenvalue weighted by Crippen LogP contribution is -2.27. The SMILES string of the molecule is CCCCOc1ccc(/C=C2/SC(=S)N(c3ccc4c(c3)OCO4)C2=O)cc1OC. The Morgan fingerprint density at radius 3 is 2.80 bits per heavy atom. The van der Waals surface area contributed by atoms with Crippen LogP contribution in [0, 0.1) is 0 Å². The Balaban J connectivity index is 1.56.